The van der Waals surface area contributed by atoms with Crippen molar-refractivity contribution in [3.8, 4) is 11.1 Å². The molecular formula is C35H42N2O6. The van der Waals surface area contributed by atoms with Crippen LogP contribution in [0.5, 0.6) is 0 Å². The molecule has 1 fully saturated rings. The van der Waals surface area contributed by atoms with E-state index in [4.69, 9.17) is 14.2 Å². The molecule has 1 aliphatic rings. The number of esters is 1. The fourth-order valence-electron chi connectivity index (χ4n) is 5.33. The Morgan fingerprint density at radius 3 is 2.37 bits per heavy atom. The zero-order valence-electron chi connectivity index (χ0n) is 25.4. The number of benzene rings is 3. The van der Waals surface area contributed by atoms with E-state index in [0.717, 1.165) is 46.5 Å². The van der Waals surface area contributed by atoms with Crippen LogP contribution in [-0.2, 0) is 37.0 Å². The lowest BCUT2D eigenvalue weighted by Gasteiger charge is -2.42. The van der Waals surface area contributed by atoms with Gasteiger partial charge in [0.15, 0.2) is 12.4 Å². The zero-order chi connectivity index (χ0) is 30.9. The van der Waals surface area contributed by atoms with E-state index in [1.807, 2.05) is 78.9 Å². The number of aliphatic hydroxyl groups excluding tert-OH is 1. The van der Waals surface area contributed by atoms with Crippen molar-refractivity contribution in [2.24, 2.45) is 5.92 Å². The predicted octanol–water partition coefficient (Wildman–Crippen LogP) is 5.32. The van der Waals surface area contributed by atoms with Crippen molar-refractivity contribution in [2.75, 3.05) is 20.1 Å². The van der Waals surface area contributed by atoms with Crippen LogP contribution in [0.2, 0.25) is 0 Å². The van der Waals surface area contributed by atoms with Crippen LogP contribution in [-0.4, -0.2) is 54.2 Å². The van der Waals surface area contributed by atoms with Gasteiger partial charge in [-0.05, 0) is 41.8 Å². The number of rotatable bonds is 12. The topological polar surface area (TPSA) is 97.3 Å². The van der Waals surface area contributed by atoms with Gasteiger partial charge in [0, 0.05) is 38.0 Å². The molecule has 2 N–H and O–H groups in total. The van der Waals surface area contributed by atoms with E-state index < -0.39 is 18.4 Å². The first kappa shape index (κ1) is 32.1. The number of ether oxygens (including phenoxy) is 3. The Morgan fingerprint density at radius 2 is 1.72 bits per heavy atom. The van der Waals surface area contributed by atoms with E-state index in [0.29, 0.717) is 6.54 Å². The van der Waals surface area contributed by atoms with E-state index in [2.05, 4.69) is 30.8 Å². The number of carbonyl (C=O) groups is 2. The van der Waals surface area contributed by atoms with Crippen molar-refractivity contribution in [1.29, 1.82) is 0 Å². The number of likely N-dealkylation sites (N-methyl/N-ethyl adjacent to an activating group) is 1. The van der Waals surface area contributed by atoms with Crippen LogP contribution in [0, 0.1) is 5.92 Å². The van der Waals surface area contributed by atoms with Gasteiger partial charge in [0.25, 0.3) is 5.91 Å². The number of amides is 1. The van der Waals surface area contributed by atoms with Crippen LogP contribution in [0.1, 0.15) is 55.4 Å². The lowest BCUT2D eigenvalue weighted by molar-refractivity contribution is -0.275. The molecule has 0 spiro atoms. The van der Waals surface area contributed by atoms with Crippen molar-refractivity contribution in [2.45, 2.75) is 58.5 Å². The van der Waals surface area contributed by atoms with E-state index in [1.165, 1.54) is 6.92 Å². The maximum absolute atomic E-state index is 12.4. The van der Waals surface area contributed by atoms with Crippen LogP contribution in [0.3, 0.4) is 0 Å². The van der Waals surface area contributed by atoms with Gasteiger partial charge in [-0.2, -0.15) is 0 Å². The number of hydrogen-bond acceptors (Lipinski definition) is 7. The molecule has 0 aliphatic carbocycles. The molecule has 0 aromatic heterocycles. The SMILES string of the molecule is C=CCN(C)CC1OC(c2ccc(-c3ccccc3CNC(=O)C(C)OC(C)=O)cc2)OC(c2ccc(CO)cc2)C1C. The van der Waals surface area contributed by atoms with Crippen molar-refractivity contribution in [3.05, 3.63) is 108 Å². The van der Waals surface area contributed by atoms with Gasteiger partial charge in [-0.1, -0.05) is 85.8 Å². The number of carbonyl (C=O) groups excluding carboxylic acids is 2. The van der Waals surface area contributed by atoms with Crippen molar-refractivity contribution in [3.63, 3.8) is 0 Å². The molecule has 5 unspecified atom stereocenters. The molecule has 0 bridgehead atoms. The minimum Gasteiger partial charge on any atom is -0.453 e. The summed E-state index contributed by atoms with van der Waals surface area (Å²) in [6.07, 6.45) is 0.192. The Labute approximate surface area is 254 Å². The number of hydrogen-bond donors (Lipinski definition) is 2. The highest BCUT2D eigenvalue weighted by Gasteiger charge is 2.38. The van der Waals surface area contributed by atoms with Gasteiger partial charge in [0.1, 0.15) is 0 Å². The average Bonchev–Trinajstić information content (AvgIpc) is 3.01. The second-order valence-electron chi connectivity index (χ2n) is 11.1. The Morgan fingerprint density at radius 1 is 1.05 bits per heavy atom. The highest BCUT2D eigenvalue weighted by atomic mass is 16.7. The summed E-state index contributed by atoms with van der Waals surface area (Å²) in [6, 6.07) is 23.9. The molecule has 1 amide bonds. The molecule has 5 atom stereocenters. The largest absolute Gasteiger partial charge is 0.453 e. The van der Waals surface area contributed by atoms with Crippen molar-refractivity contribution < 1.29 is 28.9 Å². The third-order valence-corrected chi connectivity index (χ3v) is 7.73. The number of aliphatic hydroxyl groups is 1. The second-order valence-corrected chi connectivity index (χ2v) is 11.1. The van der Waals surface area contributed by atoms with Gasteiger partial charge in [0.05, 0.1) is 18.8 Å². The predicted molar refractivity (Wildman–Crippen MR) is 166 cm³/mol. The minimum absolute atomic E-state index is 0.00266. The Kier molecular flexibility index (Phi) is 11.3. The Balaban J connectivity index is 1.54. The third kappa shape index (κ3) is 8.39. The summed E-state index contributed by atoms with van der Waals surface area (Å²) in [7, 11) is 2.05. The lowest BCUT2D eigenvalue weighted by atomic mass is 9.90. The van der Waals surface area contributed by atoms with Crippen molar-refractivity contribution in [1.82, 2.24) is 10.2 Å². The molecule has 43 heavy (non-hydrogen) atoms. The summed E-state index contributed by atoms with van der Waals surface area (Å²) in [5.41, 5.74) is 5.73. The Bertz CT molecular complexity index is 1370. The maximum Gasteiger partial charge on any atom is 0.303 e. The van der Waals surface area contributed by atoms with E-state index in [-0.39, 0.29) is 30.6 Å². The third-order valence-electron chi connectivity index (χ3n) is 7.73. The Hall–Kier alpha value is -3.82. The monoisotopic (exact) mass is 586 g/mol. The van der Waals surface area contributed by atoms with Crippen molar-refractivity contribution >= 4 is 11.9 Å². The van der Waals surface area contributed by atoms with Crippen LogP contribution in [0.4, 0.5) is 0 Å². The number of nitrogens with one attached hydrogen (secondary N) is 1. The van der Waals surface area contributed by atoms with Gasteiger partial charge in [0.2, 0.25) is 0 Å². The van der Waals surface area contributed by atoms with Crippen LogP contribution < -0.4 is 5.32 Å². The molecule has 3 aromatic carbocycles. The quantitative estimate of drug-likeness (QED) is 0.219. The lowest BCUT2D eigenvalue weighted by Crippen LogP contribution is -2.43. The molecule has 1 heterocycles. The fraction of sp³-hybridized carbons (Fsp3) is 0.371. The summed E-state index contributed by atoms with van der Waals surface area (Å²) in [5.74, 6) is -0.756. The summed E-state index contributed by atoms with van der Waals surface area (Å²) in [4.78, 5) is 25.8. The molecule has 4 rings (SSSR count). The first-order valence-electron chi connectivity index (χ1n) is 14.6. The van der Waals surface area contributed by atoms with Gasteiger partial charge >= 0.3 is 5.97 Å². The average molecular weight is 587 g/mol. The summed E-state index contributed by atoms with van der Waals surface area (Å²) >= 11 is 0. The van der Waals surface area contributed by atoms with Crippen LogP contribution in [0.15, 0.2) is 85.5 Å². The fourth-order valence-corrected chi connectivity index (χ4v) is 5.33. The minimum atomic E-state index is -0.862. The first-order chi connectivity index (χ1) is 20.7. The smallest absolute Gasteiger partial charge is 0.303 e. The number of nitrogens with zero attached hydrogens (tertiary/aromatic N) is 1. The van der Waals surface area contributed by atoms with Crippen LogP contribution >= 0.6 is 0 Å². The molecule has 228 valence electrons. The molecule has 0 saturated carbocycles. The van der Waals surface area contributed by atoms with Gasteiger partial charge in [-0.3, -0.25) is 9.59 Å². The summed E-state index contributed by atoms with van der Waals surface area (Å²) in [6.45, 7) is 10.6. The molecule has 3 aromatic rings. The second kappa shape index (κ2) is 15.1. The van der Waals surface area contributed by atoms with E-state index in [9.17, 15) is 14.7 Å². The molecule has 1 aliphatic heterocycles. The van der Waals surface area contributed by atoms with E-state index >= 15 is 0 Å². The molecule has 8 heteroatoms. The molecule has 1 saturated heterocycles. The zero-order valence-corrected chi connectivity index (χ0v) is 25.4. The van der Waals surface area contributed by atoms with Gasteiger partial charge in [-0.15, -0.1) is 6.58 Å². The van der Waals surface area contributed by atoms with E-state index in [1.54, 1.807) is 6.92 Å². The van der Waals surface area contributed by atoms with Gasteiger partial charge < -0.3 is 29.5 Å². The first-order valence-corrected chi connectivity index (χ1v) is 14.6. The molecule has 0 radical (unpaired) electrons. The molecular weight excluding hydrogens is 544 g/mol. The van der Waals surface area contributed by atoms with Gasteiger partial charge in [-0.25, -0.2) is 0 Å². The van der Waals surface area contributed by atoms with Crippen LogP contribution in [0.25, 0.3) is 11.1 Å². The standard InChI is InChI=1S/C35H42N2O6/c1-6-19-37(5)21-32-23(2)33(28-13-11-26(22-38)12-14-28)43-35(42-32)29-17-15-27(16-18-29)31-10-8-7-9-30(31)20-36-34(40)24(3)41-25(4)39/h6-18,23-24,32-33,35,38H,1,19-22H2,2-5H3,(H,36,40). The molecule has 8 nitrogen and oxygen atoms in total. The summed E-state index contributed by atoms with van der Waals surface area (Å²) in [5, 5.41) is 12.4. The highest BCUT2D eigenvalue weighted by molar-refractivity contribution is 5.83. The highest BCUT2D eigenvalue weighted by Crippen LogP contribution is 2.42. The maximum atomic E-state index is 12.4. The summed E-state index contributed by atoms with van der Waals surface area (Å²) < 4.78 is 18.1. The normalized spacial score (nSPS) is 20.8.